The van der Waals surface area contributed by atoms with Crippen LogP contribution in [0.25, 0.3) is 0 Å². The standard InChI is InChI=1S/C16H25N3O/c1-2-14(10-17)16(20)18-15-8-9-19(12-15)11-13-6-4-3-5-7-13/h3-7,14-15H,2,8-12,17H2,1H3,(H,18,20). The SMILES string of the molecule is CCC(CN)C(=O)NC1CCN(Cc2ccccc2)C1. The fraction of sp³-hybridized carbons (Fsp3) is 0.562. The number of benzene rings is 1. The van der Waals surface area contributed by atoms with Gasteiger partial charge in [0.15, 0.2) is 0 Å². The highest BCUT2D eigenvalue weighted by atomic mass is 16.2. The molecule has 0 bridgehead atoms. The van der Waals surface area contributed by atoms with E-state index in [-0.39, 0.29) is 17.9 Å². The Hall–Kier alpha value is -1.39. The number of carbonyl (C=O) groups is 1. The van der Waals surface area contributed by atoms with Gasteiger partial charge in [0, 0.05) is 38.1 Å². The first-order chi connectivity index (χ1) is 9.72. The lowest BCUT2D eigenvalue weighted by molar-refractivity contribution is -0.125. The van der Waals surface area contributed by atoms with Gasteiger partial charge in [0.1, 0.15) is 0 Å². The zero-order chi connectivity index (χ0) is 14.4. The van der Waals surface area contributed by atoms with E-state index in [1.807, 2.05) is 13.0 Å². The lowest BCUT2D eigenvalue weighted by Gasteiger charge is -2.19. The molecule has 1 fully saturated rings. The zero-order valence-corrected chi connectivity index (χ0v) is 12.2. The average molecular weight is 275 g/mol. The van der Waals surface area contributed by atoms with Crippen LogP contribution >= 0.6 is 0 Å². The first-order valence-electron chi connectivity index (χ1n) is 7.49. The molecular formula is C16H25N3O. The van der Waals surface area contributed by atoms with Gasteiger partial charge in [-0.1, -0.05) is 37.3 Å². The number of hydrogen-bond acceptors (Lipinski definition) is 3. The summed E-state index contributed by atoms with van der Waals surface area (Å²) in [6, 6.07) is 10.7. The molecule has 0 aliphatic carbocycles. The Balaban J connectivity index is 1.79. The predicted octanol–water partition coefficient (Wildman–Crippen LogP) is 1.36. The van der Waals surface area contributed by atoms with Gasteiger partial charge in [-0.3, -0.25) is 9.69 Å². The van der Waals surface area contributed by atoms with Crippen molar-refractivity contribution in [2.75, 3.05) is 19.6 Å². The Labute approximate surface area is 121 Å². The number of rotatable bonds is 6. The van der Waals surface area contributed by atoms with Crippen LogP contribution in [0, 0.1) is 5.92 Å². The van der Waals surface area contributed by atoms with E-state index in [1.54, 1.807) is 0 Å². The fourth-order valence-corrected chi connectivity index (χ4v) is 2.71. The van der Waals surface area contributed by atoms with Crippen LogP contribution in [0.4, 0.5) is 0 Å². The largest absolute Gasteiger partial charge is 0.352 e. The van der Waals surface area contributed by atoms with Crippen LogP contribution in [0.3, 0.4) is 0 Å². The molecule has 2 rings (SSSR count). The normalized spacial score (nSPS) is 20.8. The van der Waals surface area contributed by atoms with Crippen LogP contribution in [-0.2, 0) is 11.3 Å². The van der Waals surface area contributed by atoms with E-state index in [4.69, 9.17) is 5.73 Å². The summed E-state index contributed by atoms with van der Waals surface area (Å²) in [5, 5.41) is 3.14. The number of nitrogens with two attached hydrogens (primary N) is 1. The molecule has 0 saturated carbocycles. The summed E-state index contributed by atoms with van der Waals surface area (Å²) in [7, 11) is 0. The molecule has 1 saturated heterocycles. The van der Waals surface area contributed by atoms with E-state index >= 15 is 0 Å². The molecule has 1 aliphatic rings. The first-order valence-corrected chi connectivity index (χ1v) is 7.49. The molecule has 4 heteroatoms. The third kappa shape index (κ3) is 4.05. The Kier molecular flexibility index (Phi) is 5.56. The van der Waals surface area contributed by atoms with E-state index < -0.39 is 0 Å². The summed E-state index contributed by atoms with van der Waals surface area (Å²) >= 11 is 0. The lowest BCUT2D eigenvalue weighted by atomic mass is 10.1. The van der Waals surface area contributed by atoms with Gasteiger partial charge >= 0.3 is 0 Å². The van der Waals surface area contributed by atoms with Crippen molar-refractivity contribution in [2.45, 2.75) is 32.4 Å². The first kappa shape index (κ1) is 15.0. The molecule has 1 heterocycles. The number of nitrogens with one attached hydrogen (secondary N) is 1. The topological polar surface area (TPSA) is 58.4 Å². The molecule has 2 unspecified atom stereocenters. The predicted molar refractivity (Wildman–Crippen MR) is 81.1 cm³/mol. The molecule has 1 aromatic carbocycles. The quantitative estimate of drug-likeness (QED) is 0.824. The molecule has 0 spiro atoms. The molecular weight excluding hydrogens is 250 g/mol. The fourth-order valence-electron chi connectivity index (χ4n) is 2.71. The van der Waals surface area contributed by atoms with Gasteiger partial charge in [-0.15, -0.1) is 0 Å². The highest BCUT2D eigenvalue weighted by Crippen LogP contribution is 2.14. The van der Waals surface area contributed by atoms with Gasteiger partial charge in [0.05, 0.1) is 0 Å². The molecule has 1 aromatic rings. The smallest absolute Gasteiger partial charge is 0.224 e. The minimum absolute atomic E-state index is 0.0434. The highest BCUT2D eigenvalue weighted by molar-refractivity contribution is 5.79. The monoisotopic (exact) mass is 275 g/mol. The van der Waals surface area contributed by atoms with Crippen LogP contribution in [0.1, 0.15) is 25.3 Å². The molecule has 2 atom stereocenters. The van der Waals surface area contributed by atoms with Crippen molar-refractivity contribution in [2.24, 2.45) is 11.7 Å². The van der Waals surface area contributed by atoms with Crippen molar-refractivity contribution < 1.29 is 4.79 Å². The van der Waals surface area contributed by atoms with Crippen molar-refractivity contribution in [3.05, 3.63) is 35.9 Å². The van der Waals surface area contributed by atoms with Crippen molar-refractivity contribution in [3.63, 3.8) is 0 Å². The van der Waals surface area contributed by atoms with Crippen molar-refractivity contribution >= 4 is 5.91 Å². The maximum Gasteiger partial charge on any atom is 0.224 e. The second kappa shape index (κ2) is 7.41. The minimum Gasteiger partial charge on any atom is -0.352 e. The molecule has 3 N–H and O–H groups in total. The Morgan fingerprint density at radius 3 is 2.85 bits per heavy atom. The molecule has 0 radical (unpaired) electrons. The second-order valence-electron chi connectivity index (χ2n) is 5.56. The summed E-state index contributed by atoms with van der Waals surface area (Å²) in [6.45, 7) is 5.37. The average Bonchev–Trinajstić information content (AvgIpc) is 2.88. The summed E-state index contributed by atoms with van der Waals surface area (Å²) in [5.74, 6) is 0.0692. The maximum atomic E-state index is 12.0. The Morgan fingerprint density at radius 1 is 1.45 bits per heavy atom. The third-order valence-corrected chi connectivity index (χ3v) is 4.02. The summed E-state index contributed by atoms with van der Waals surface area (Å²) in [6.07, 6.45) is 1.84. The number of hydrogen-bond donors (Lipinski definition) is 2. The van der Waals surface area contributed by atoms with Crippen molar-refractivity contribution in [1.29, 1.82) is 0 Å². The van der Waals surface area contributed by atoms with Gasteiger partial charge in [0.25, 0.3) is 0 Å². The maximum absolute atomic E-state index is 12.0. The van der Waals surface area contributed by atoms with E-state index in [2.05, 4.69) is 34.5 Å². The van der Waals surface area contributed by atoms with Gasteiger partial charge in [0.2, 0.25) is 5.91 Å². The number of carbonyl (C=O) groups excluding carboxylic acids is 1. The van der Waals surface area contributed by atoms with E-state index in [0.717, 1.165) is 32.5 Å². The van der Waals surface area contributed by atoms with Crippen LogP contribution in [0.2, 0.25) is 0 Å². The van der Waals surface area contributed by atoms with Crippen LogP contribution in [-0.4, -0.2) is 36.5 Å². The Morgan fingerprint density at radius 2 is 2.20 bits per heavy atom. The lowest BCUT2D eigenvalue weighted by Crippen LogP contribution is -2.42. The van der Waals surface area contributed by atoms with Gasteiger partial charge in [-0.2, -0.15) is 0 Å². The Bertz CT molecular complexity index is 417. The van der Waals surface area contributed by atoms with Gasteiger partial charge < -0.3 is 11.1 Å². The second-order valence-corrected chi connectivity index (χ2v) is 5.56. The highest BCUT2D eigenvalue weighted by Gasteiger charge is 2.25. The zero-order valence-electron chi connectivity index (χ0n) is 12.2. The summed E-state index contributed by atoms with van der Waals surface area (Å²) in [5.41, 5.74) is 6.94. The number of likely N-dealkylation sites (tertiary alicyclic amines) is 1. The summed E-state index contributed by atoms with van der Waals surface area (Å²) < 4.78 is 0. The molecule has 1 aliphatic heterocycles. The van der Waals surface area contributed by atoms with E-state index in [9.17, 15) is 4.79 Å². The third-order valence-electron chi connectivity index (χ3n) is 4.02. The van der Waals surface area contributed by atoms with Gasteiger partial charge in [-0.25, -0.2) is 0 Å². The van der Waals surface area contributed by atoms with Crippen molar-refractivity contribution in [3.8, 4) is 0 Å². The van der Waals surface area contributed by atoms with Crippen LogP contribution in [0.5, 0.6) is 0 Å². The molecule has 110 valence electrons. The number of amides is 1. The molecule has 4 nitrogen and oxygen atoms in total. The van der Waals surface area contributed by atoms with Gasteiger partial charge in [-0.05, 0) is 18.4 Å². The van der Waals surface area contributed by atoms with Crippen molar-refractivity contribution in [1.82, 2.24) is 10.2 Å². The molecule has 1 amide bonds. The van der Waals surface area contributed by atoms with Crippen LogP contribution in [0.15, 0.2) is 30.3 Å². The minimum atomic E-state index is -0.0434. The van der Waals surface area contributed by atoms with E-state index in [0.29, 0.717) is 6.54 Å². The summed E-state index contributed by atoms with van der Waals surface area (Å²) in [4.78, 5) is 14.4. The molecule has 0 aromatic heterocycles. The molecule has 20 heavy (non-hydrogen) atoms. The van der Waals surface area contributed by atoms with Crippen LogP contribution < -0.4 is 11.1 Å². The number of nitrogens with zero attached hydrogens (tertiary/aromatic N) is 1. The van der Waals surface area contributed by atoms with E-state index in [1.165, 1.54) is 5.56 Å².